The van der Waals surface area contributed by atoms with Gasteiger partial charge in [0.2, 0.25) is 0 Å². The van der Waals surface area contributed by atoms with Gasteiger partial charge in [0.05, 0.1) is 6.04 Å². The molecule has 2 aromatic rings. The molecule has 0 saturated carbocycles. The zero-order valence-corrected chi connectivity index (χ0v) is 12.4. The van der Waals surface area contributed by atoms with Crippen molar-refractivity contribution in [3.63, 3.8) is 0 Å². The molecule has 1 aromatic heterocycles. The van der Waals surface area contributed by atoms with Crippen molar-refractivity contribution in [3.8, 4) is 11.1 Å². The van der Waals surface area contributed by atoms with Gasteiger partial charge in [0, 0.05) is 23.3 Å². The number of rotatable bonds is 4. The number of amides is 1. The molecule has 0 spiro atoms. The van der Waals surface area contributed by atoms with Crippen LogP contribution in [0.1, 0.15) is 29.4 Å². The molecule has 1 aliphatic heterocycles. The van der Waals surface area contributed by atoms with E-state index in [9.17, 15) is 4.79 Å². The largest absolute Gasteiger partial charge is 0.349 e. The number of hydrogen-bond donors (Lipinski definition) is 2. The van der Waals surface area contributed by atoms with E-state index >= 15 is 0 Å². The fourth-order valence-electron chi connectivity index (χ4n) is 2.78. The van der Waals surface area contributed by atoms with Crippen LogP contribution in [0.2, 0.25) is 5.02 Å². The number of aromatic nitrogens is 1. The lowest BCUT2D eigenvalue weighted by Crippen LogP contribution is -2.38. The SMILES string of the molecule is NCCC[C@H]1CNC(=O)c2cc(-c3cccc(Cl)c3)cn21. The van der Waals surface area contributed by atoms with Crippen molar-refractivity contribution in [2.75, 3.05) is 13.1 Å². The summed E-state index contributed by atoms with van der Waals surface area (Å²) in [6, 6.07) is 9.87. The van der Waals surface area contributed by atoms with Gasteiger partial charge in [-0.15, -0.1) is 0 Å². The van der Waals surface area contributed by atoms with Crippen molar-refractivity contribution in [1.29, 1.82) is 0 Å². The van der Waals surface area contributed by atoms with Gasteiger partial charge in [0.1, 0.15) is 5.69 Å². The second kappa shape index (κ2) is 5.92. The molecule has 1 atom stereocenters. The van der Waals surface area contributed by atoms with Gasteiger partial charge >= 0.3 is 0 Å². The van der Waals surface area contributed by atoms with E-state index in [0.717, 1.165) is 24.0 Å². The molecule has 1 aromatic carbocycles. The fraction of sp³-hybridized carbons (Fsp3) is 0.312. The molecule has 2 heterocycles. The van der Waals surface area contributed by atoms with Gasteiger partial charge in [0.25, 0.3) is 5.91 Å². The number of carbonyl (C=O) groups excluding carboxylic acids is 1. The molecular formula is C16H18ClN3O. The zero-order valence-electron chi connectivity index (χ0n) is 11.7. The van der Waals surface area contributed by atoms with E-state index in [-0.39, 0.29) is 11.9 Å². The Bertz CT molecular complexity index is 665. The van der Waals surface area contributed by atoms with Crippen LogP contribution in [0.15, 0.2) is 36.5 Å². The number of benzene rings is 1. The smallest absolute Gasteiger partial charge is 0.268 e. The van der Waals surface area contributed by atoms with E-state index in [1.54, 1.807) is 0 Å². The third-order valence-corrected chi connectivity index (χ3v) is 4.11. The molecule has 3 rings (SSSR count). The van der Waals surface area contributed by atoms with E-state index < -0.39 is 0 Å². The Kier molecular flexibility index (Phi) is 3.99. The maximum Gasteiger partial charge on any atom is 0.268 e. The first-order chi connectivity index (χ1) is 10.2. The third kappa shape index (κ3) is 2.82. The molecule has 21 heavy (non-hydrogen) atoms. The highest BCUT2D eigenvalue weighted by Gasteiger charge is 2.25. The average Bonchev–Trinajstić information content (AvgIpc) is 2.93. The highest BCUT2D eigenvalue weighted by Crippen LogP contribution is 2.29. The Morgan fingerprint density at radius 1 is 1.33 bits per heavy atom. The predicted octanol–water partition coefficient (Wildman–Crippen LogP) is 2.83. The Labute approximate surface area is 128 Å². The standard InChI is InChI=1S/C16H18ClN3O/c17-13-4-1-3-11(7-13)12-8-15-16(21)19-9-14(5-2-6-18)20(15)10-12/h1,3-4,7-8,10,14H,2,5-6,9,18H2,(H,19,21)/t14-/m0/s1. The van der Waals surface area contributed by atoms with Crippen LogP contribution in [-0.2, 0) is 0 Å². The van der Waals surface area contributed by atoms with Crippen molar-refractivity contribution < 1.29 is 4.79 Å². The maximum atomic E-state index is 12.0. The van der Waals surface area contributed by atoms with Gasteiger partial charge in [-0.1, -0.05) is 23.7 Å². The van der Waals surface area contributed by atoms with Crippen molar-refractivity contribution in [1.82, 2.24) is 9.88 Å². The molecule has 1 amide bonds. The van der Waals surface area contributed by atoms with E-state index in [4.69, 9.17) is 17.3 Å². The lowest BCUT2D eigenvalue weighted by Gasteiger charge is -2.26. The fourth-order valence-corrected chi connectivity index (χ4v) is 2.97. The number of nitrogens with one attached hydrogen (secondary N) is 1. The highest BCUT2D eigenvalue weighted by molar-refractivity contribution is 6.30. The summed E-state index contributed by atoms with van der Waals surface area (Å²) in [6.45, 7) is 1.33. The number of halogens is 1. The van der Waals surface area contributed by atoms with Gasteiger partial charge in [-0.3, -0.25) is 4.79 Å². The van der Waals surface area contributed by atoms with Crippen LogP contribution in [0.5, 0.6) is 0 Å². The van der Waals surface area contributed by atoms with E-state index in [2.05, 4.69) is 9.88 Å². The Morgan fingerprint density at radius 3 is 2.95 bits per heavy atom. The normalized spacial score (nSPS) is 17.4. The number of hydrogen-bond acceptors (Lipinski definition) is 2. The van der Waals surface area contributed by atoms with Gasteiger partial charge < -0.3 is 15.6 Å². The first-order valence-corrected chi connectivity index (χ1v) is 7.53. The molecule has 5 heteroatoms. The van der Waals surface area contributed by atoms with Crippen LogP contribution >= 0.6 is 11.6 Å². The number of carbonyl (C=O) groups is 1. The predicted molar refractivity (Wildman–Crippen MR) is 84.5 cm³/mol. The summed E-state index contributed by atoms with van der Waals surface area (Å²) < 4.78 is 2.07. The lowest BCUT2D eigenvalue weighted by molar-refractivity contribution is 0.0913. The van der Waals surface area contributed by atoms with Crippen LogP contribution in [0, 0.1) is 0 Å². The summed E-state index contributed by atoms with van der Waals surface area (Å²) in [5, 5.41) is 3.64. The minimum atomic E-state index is -0.0210. The molecule has 0 bridgehead atoms. The Morgan fingerprint density at radius 2 is 2.19 bits per heavy atom. The molecular weight excluding hydrogens is 286 g/mol. The summed E-state index contributed by atoms with van der Waals surface area (Å²) in [5.41, 5.74) is 8.34. The maximum absolute atomic E-state index is 12.0. The minimum absolute atomic E-state index is 0.0210. The van der Waals surface area contributed by atoms with Crippen molar-refractivity contribution in [3.05, 3.63) is 47.2 Å². The molecule has 0 saturated heterocycles. The van der Waals surface area contributed by atoms with Gasteiger partial charge in [0.15, 0.2) is 0 Å². The van der Waals surface area contributed by atoms with E-state index in [1.165, 1.54) is 0 Å². The summed E-state index contributed by atoms with van der Waals surface area (Å²) in [6.07, 6.45) is 3.96. The van der Waals surface area contributed by atoms with Crippen LogP contribution in [0.4, 0.5) is 0 Å². The van der Waals surface area contributed by atoms with Gasteiger partial charge in [-0.2, -0.15) is 0 Å². The molecule has 110 valence electrons. The van der Waals surface area contributed by atoms with Crippen LogP contribution in [0.3, 0.4) is 0 Å². The Hall–Kier alpha value is -1.78. The summed E-state index contributed by atoms with van der Waals surface area (Å²) in [5.74, 6) is -0.0210. The van der Waals surface area contributed by atoms with Crippen LogP contribution < -0.4 is 11.1 Å². The van der Waals surface area contributed by atoms with Crippen LogP contribution in [-0.4, -0.2) is 23.6 Å². The Balaban J connectivity index is 1.97. The van der Waals surface area contributed by atoms with Crippen molar-refractivity contribution >= 4 is 17.5 Å². The molecule has 1 aliphatic rings. The van der Waals surface area contributed by atoms with E-state index in [0.29, 0.717) is 23.8 Å². The highest BCUT2D eigenvalue weighted by atomic mass is 35.5. The second-order valence-electron chi connectivity index (χ2n) is 5.33. The molecule has 0 unspecified atom stereocenters. The monoisotopic (exact) mass is 303 g/mol. The number of nitrogens with two attached hydrogens (primary N) is 1. The van der Waals surface area contributed by atoms with Gasteiger partial charge in [-0.05, 0) is 43.1 Å². The lowest BCUT2D eigenvalue weighted by atomic mass is 10.1. The first-order valence-electron chi connectivity index (χ1n) is 7.15. The molecule has 4 nitrogen and oxygen atoms in total. The van der Waals surface area contributed by atoms with E-state index in [1.807, 2.05) is 36.5 Å². The minimum Gasteiger partial charge on any atom is -0.349 e. The van der Waals surface area contributed by atoms with Crippen molar-refractivity contribution in [2.24, 2.45) is 5.73 Å². The van der Waals surface area contributed by atoms with Crippen LogP contribution in [0.25, 0.3) is 11.1 Å². The second-order valence-corrected chi connectivity index (χ2v) is 5.76. The summed E-state index contributed by atoms with van der Waals surface area (Å²) in [4.78, 5) is 12.0. The van der Waals surface area contributed by atoms with Crippen molar-refractivity contribution in [2.45, 2.75) is 18.9 Å². The first kappa shape index (κ1) is 14.2. The summed E-state index contributed by atoms with van der Waals surface area (Å²) in [7, 11) is 0. The number of nitrogens with zero attached hydrogens (tertiary/aromatic N) is 1. The third-order valence-electron chi connectivity index (χ3n) is 3.87. The molecule has 0 radical (unpaired) electrons. The molecule has 0 aliphatic carbocycles. The summed E-state index contributed by atoms with van der Waals surface area (Å²) >= 11 is 6.05. The zero-order chi connectivity index (χ0) is 14.8. The van der Waals surface area contributed by atoms with Gasteiger partial charge in [-0.25, -0.2) is 0 Å². The number of fused-ring (bicyclic) bond motifs is 1. The average molecular weight is 304 g/mol. The molecule has 0 fully saturated rings. The quantitative estimate of drug-likeness (QED) is 0.912. The topological polar surface area (TPSA) is 60.0 Å². The molecule has 3 N–H and O–H groups in total.